The summed E-state index contributed by atoms with van der Waals surface area (Å²) in [5.74, 6) is 0.938. The molecule has 0 atom stereocenters. The minimum atomic E-state index is -1.61. The SMILES string of the molecule is COc1ccc(/C=C/CCO[Si](C)(C)C(C)(C)C)cc1C. The molecule has 0 aliphatic rings. The third kappa shape index (κ3) is 5.33. The van der Waals surface area contributed by atoms with Crippen LogP contribution in [0.2, 0.25) is 18.1 Å². The van der Waals surface area contributed by atoms with Gasteiger partial charge in [-0.2, -0.15) is 0 Å². The lowest BCUT2D eigenvalue weighted by Gasteiger charge is -2.36. The van der Waals surface area contributed by atoms with Crippen LogP contribution in [0.25, 0.3) is 6.08 Å². The van der Waals surface area contributed by atoms with Gasteiger partial charge in [0.25, 0.3) is 0 Å². The average Bonchev–Trinajstić information content (AvgIpc) is 2.37. The van der Waals surface area contributed by atoms with E-state index in [-0.39, 0.29) is 5.04 Å². The Morgan fingerprint density at radius 2 is 1.86 bits per heavy atom. The van der Waals surface area contributed by atoms with Crippen molar-refractivity contribution in [1.82, 2.24) is 0 Å². The topological polar surface area (TPSA) is 18.5 Å². The first-order valence-electron chi connectivity index (χ1n) is 7.62. The lowest BCUT2D eigenvalue weighted by Crippen LogP contribution is -2.40. The molecule has 0 fully saturated rings. The number of aryl methyl sites for hydroxylation is 1. The maximum absolute atomic E-state index is 6.16. The first kappa shape index (κ1) is 18.0. The Bertz CT molecular complexity index is 484. The van der Waals surface area contributed by atoms with Gasteiger partial charge in [-0.1, -0.05) is 39.0 Å². The number of hydrogen-bond acceptors (Lipinski definition) is 2. The fourth-order valence-electron chi connectivity index (χ4n) is 1.82. The normalized spacial score (nSPS) is 12.9. The Labute approximate surface area is 131 Å². The molecule has 0 radical (unpaired) electrons. The summed E-state index contributed by atoms with van der Waals surface area (Å²) in [6.45, 7) is 14.3. The molecule has 0 bridgehead atoms. The summed E-state index contributed by atoms with van der Waals surface area (Å²) in [6, 6.07) is 6.24. The van der Waals surface area contributed by atoms with E-state index in [1.807, 2.05) is 6.07 Å². The lowest BCUT2D eigenvalue weighted by molar-refractivity contribution is 0.294. The molecule has 1 aromatic carbocycles. The quantitative estimate of drug-likeness (QED) is 0.515. The van der Waals surface area contributed by atoms with Gasteiger partial charge < -0.3 is 9.16 Å². The number of rotatable bonds is 6. The third-order valence-corrected chi connectivity index (χ3v) is 8.82. The van der Waals surface area contributed by atoms with E-state index in [1.54, 1.807) is 7.11 Å². The van der Waals surface area contributed by atoms with Gasteiger partial charge in [0.1, 0.15) is 5.75 Å². The van der Waals surface area contributed by atoms with E-state index in [0.29, 0.717) is 0 Å². The second kappa shape index (κ2) is 7.28. The number of benzene rings is 1. The molecule has 1 rings (SSSR count). The van der Waals surface area contributed by atoms with E-state index in [2.05, 4.69) is 65.1 Å². The molecule has 3 heteroatoms. The van der Waals surface area contributed by atoms with Crippen molar-refractivity contribution in [3.63, 3.8) is 0 Å². The fourth-order valence-corrected chi connectivity index (χ4v) is 2.88. The molecule has 0 aliphatic carbocycles. The van der Waals surface area contributed by atoms with Crippen LogP contribution in [0.15, 0.2) is 24.3 Å². The maximum Gasteiger partial charge on any atom is 0.191 e. The summed E-state index contributed by atoms with van der Waals surface area (Å²) in [7, 11) is 0.0985. The van der Waals surface area contributed by atoms with Crippen molar-refractivity contribution < 1.29 is 9.16 Å². The maximum atomic E-state index is 6.16. The minimum Gasteiger partial charge on any atom is -0.496 e. The van der Waals surface area contributed by atoms with Crippen LogP contribution in [0.1, 0.15) is 38.3 Å². The summed E-state index contributed by atoms with van der Waals surface area (Å²) in [4.78, 5) is 0. The van der Waals surface area contributed by atoms with Crippen molar-refractivity contribution in [2.24, 2.45) is 0 Å². The lowest BCUT2D eigenvalue weighted by atomic mass is 10.1. The third-order valence-electron chi connectivity index (χ3n) is 4.28. The molecule has 0 saturated carbocycles. The molecule has 118 valence electrons. The zero-order valence-corrected chi connectivity index (χ0v) is 15.6. The highest BCUT2D eigenvalue weighted by Gasteiger charge is 2.36. The molecule has 0 spiro atoms. The van der Waals surface area contributed by atoms with E-state index in [4.69, 9.17) is 9.16 Å². The average molecular weight is 307 g/mol. The summed E-state index contributed by atoms with van der Waals surface area (Å²) in [6.07, 6.45) is 5.30. The second-order valence-electron chi connectivity index (χ2n) is 7.03. The summed E-state index contributed by atoms with van der Waals surface area (Å²) in [5.41, 5.74) is 2.37. The molecule has 0 amide bonds. The Balaban J connectivity index is 2.48. The van der Waals surface area contributed by atoms with Crippen LogP contribution in [-0.4, -0.2) is 22.0 Å². The second-order valence-corrected chi connectivity index (χ2v) is 11.8. The van der Waals surface area contributed by atoms with E-state index < -0.39 is 8.32 Å². The predicted molar refractivity (Wildman–Crippen MR) is 94.5 cm³/mol. The van der Waals surface area contributed by atoms with Crippen LogP contribution in [0, 0.1) is 6.92 Å². The summed E-state index contributed by atoms with van der Waals surface area (Å²) >= 11 is 0. The molecule has 0 unspecified atom stereocenters. The van der Waals surface area contributed by atoms with Crippen LogP contribution < -0.4 is 4.74 Å². The monoisotopic (exact) mass is 306 g/mol. The highest BCUT2D eigenvalue weighted by molar-refractivity contribution is 6.74. The van der Waals surface area contributed by atoms with Gasteiger partial charge in [0.15, 0.2) is 8.32 Å². The standard InChI is InChI=1S/C18H30O2Si/c1-15-14-16(11-12-17(15)19-5)10-8-9-13-20-21(6,7)18(2,3)4/h8,10-12,14H,9,13H2,1-7H3/b10-8+. The first-order valence-corrected chi connectivity index (χ1v) is 10.5. The molecule has 0 aliphatic heterocycles. The molecule has 0 aromatic heterocycles. The van der Waals surface area contributed by atoms with Gasteiger partial charge in [-0.05, 0) is 54.7 Å². The number of ether oxygens (including phenoxy) is 1. The zero-order valence-electron chi connectivity index (χ0n) is 14.6. The van der Waals surface area contributed by atoms with Crippen LogP contribution >= 0.6 is 0 Å². The number of methoxy groups -OCH3 is 1. The van der Waals surface area contributed by atoms with Gasteiger partial charge in [0.2, 0.25) is 0 Å². The van der Waals surface area contributed by atoms with Gasteiger partial charge in [0, 0.05) is 6.61 Å². The summed E-state index contributed by atoms with van der Waals surface area (Å²) in [5, 5.41) is 0.282. The van der Waals surface area contributed by atoms with Crippen LogP contribution in [0.5, 0.6) is 5.75 Å². The predicted octanol–water partition coefficient (Wildman–Crippen LogP) is 5.43. The van der Waals surface area contributed by atoms with Crippen molar-refractivity contribution in [3.8, 4) is 5.75 Å². The van der Waals surface area contributed by atoms with Crippen LogP contribution in [-0.2, 0) is 4.43 Å². The van der Waals surface area contributed by atoms with Gasteiger partial charge in [-0.15, -0.1) is 0 Å². The summed E-state index contributed by atoms with van der Waals surface area (Å²) < 4.78 is 11.4. The van der Waals surface area contributed by atoms with Crippen molar-refractivity contribution in [3.05, 3.63) is 35.4 Å². The van der Waals surface area contributed by atoms with Crippen molar-refractivity contribution in [2.75, 3.05) is 13.7 Å². The van der Waals surface area contributed by atoms with Crippen LogP contribution in [0.4, 0.5) is 0 Å². The van der Waals surface area contributed by atoms with Gasteiger partial charge >= 0.3 is 0 Å². The Hall–Kier alpha value is -1.06. The Kier molecular flexibility index (Phi) is 6.23. The Morgan fingerprint density at radius 1 is 1.19 bits per heavy atom. The molecule has 21 heavy (non-hydrogen) atoms. The molecule has 0 N–H and O–H groups in total. The molecule has 1 aromatic rings. The van der Waals surface area contributed by atoms with E-state index in [1.165, 1.54) is 5.56 Å². The number of hydrogen-bond donors (Lipinski definition) is 0. The fraction of sp³-hybridized carbons (Fsp3) is 0.556. The minimum absolute atomic E-state index is 0.282. The molecular weight excluding hydrogens is 276 g/mol. The molecule has 0 saturated heterocycles. The highest BCUT2D eigenvalue weighted by atomic mass is 28.4. The van der Waals surface area contributed by atoms with E-state index >= 15 is 0 Å². The zero-order chi connectivity index (χ0) is 16.1. The first-order chi connectivity index (χ1) is 9.67. The molecule has 0 heterocycles. The highest BCUT2D eigenvalue weighted by Crippen LogP contribution is 2.36. The largest absolute Gasteiger partial charge is 0.496 e. The van der Waals surface area contributed by atoms with Crippen LogP contribution in [0.3, 0.4) is 0 Å². The van der Waals surface area contributed by atoms with Gasteiger partial charge in [-0.3, -0.25) is 0 Å². The van der Waals surface area contributed by atoms with Crippen molar-refractivity contribution in [2.45, 2.75) is 52.2 Å². The van der Waals surface area contributed by atoms with Crippen molar-refractivity contribution in [1.29, 1.82) is 0 Å². The van der Waals surface area contributed by atoms with Crippen molar-refractivity contribution >= 4 is 14.4 Å². The van der Waals surface area contributed by atoms with E-state index in [9.17, 15) is 0 Å². The molecular formula is C18H30O2Si. The smallest absolute Gasteiger partial charge is 0.191 e. The Morgan fingerprint density at radius 3 is 2.38 bits per heavy atom. The van der Waals surface area contributed by atoms with E-state index in [0.717, 1.165) is 24.3 Å². The van der Waals surface area contributed by atoms with Gasteiger partial charge in [0.05, 0.1) is 7.11 Å². The van der Waals surface area contributed by atoms with Gasteiger partial charge in [-0.25, -0.2) is 0 Å². The molecule has 2 nitrogen and oxygen atoms in total.